The van der Waals surface area contributed by atoms with Crippen LogP contribution in [0.4, 0.5) is 5.69 Å². The molecule has 0 saturated carbocycles. The SMILES string of the molecule is CCC1CN(c2ccc(Br)cc2C(C)O)CCN1C. The van der Waals surface area contributed by atoms with Gasteiger partial charge < -0.3 is 10.0 Å². The lowest BCUT2D eigenvalue weighted by molar-refractivity contribution is 0.196. The summed E-state index contributed by atoms with van der Waals surface area (Å²) in [5.74, 6) is 0. The summed E-state index contributed by atoms with van der Waals surface area (Å²) in [6.07, 6.45) is 0.723. The van der Waals surface area contributed by atoms with Gasteiger partial charge in [-0.05, 0) is 38.6 Å². The maximum absolute atomic E-state index is 9.98. The zero-order chi connectivity index (χ0) is 14.0. The monoisotopic (exact) mass is 326 g/mol. The Bertz CT molecular complexity index is 436. The van der Waals surface area contributed by atoms with Gasteiger partial charge in [-0.1, -0.05) is 22.9 Å². The molecule has 0 aliphatic carbocycles. The van der Waals surface area contributed by atoms with Crippen LogP contribution >= 0.6 is 15.9 Å². The van der Waals surface area contributed by atoms with Crippen LogP contribution < -0.4 is 4.90 Å². The van der Waals surface area contributed by atoms with Gasteiger partial charge in [0.1, 0.15) is 0 Å². The number of aliphatic hydroxyl groups is 1. The first-order valence-corrected chi connectivity index (χ1v) is 7.75. The van der Waals surface area contributed by atoms with Crippen LogP contribution in [0, 0.1) is 0 Å². The van der Waals surface area contributed by atoms with E-state index >= 15 is 0 Å². The molecule has 0 aromatic heterocycles. The lowest BCUT2D eigenvalue weighted by Gasteiger charge is -2.41. The van der Waals surface area contributed by atoms with Crippen molar-refractivity contribution in [3.05, 3.63) is 28.2 Å². The summed E-state index contributed by atoms with van der Waals surface area (Å²) < 4.78 is 1.02. The van der Waals surface area contributed by atoms with Gasteiger partial charge in [0.2, 0.25) is 0 Å². The zero-order valence-corrected chi connectivity index (χ0v) is 13.5. The maximum Gasteiger partial charge on any atom is 0.0782 e. The normalized spacial score (nSPS) is 22.6. The molecule has 4 heteroatoms. The Kier molecular flexibility index (Phi) is 4.87. The fourth-order valence-electron chi connectivity index (χ4n) is 2.75. The number of rotatable bonds is 3. The predicted molar refractivity (Wildman–Crippen MR) is 83.7 cm³/mol. The Balaban J connectivity index is 2.26. The molecule has 2 atom stereocenters. The second-order valence-electron chi connectivity index (χ2n) is 5.37. The number of hydrogen-bond acceptors (Lipinski definition) is 3. The summed E-state index contributed by atoms with van der Waals surface area (Å²) in [5.41, 5.74) is 2.18. The first kappa shape index (κ1) is 14.8. The van der Waals surface area contributed by atoms with Crippen LogP contribution in [0.25, 0.3) is 0 Å². The molecule has 1 N–H and O–H groups in total. The van der Waals surface area contributed by atoms with Gasteiger partial charge in [0.05, 0.1) is 6.10 Å². The van der Waals surface area contributed by atoms with E-state index in [-0.39, 0.29) is 0 Å². The summed E-state index contributed by atoms with van der Waals surface area (Å²) in [6.45, 7) is 7.21. The Morgan fingerprint density at radius 1 is 1.42 bits per heavy atom. The standard InChI is InChI=1S/C15H23BrN2O/c1-4-13-10-18(8-7-17(13)3)15-6-5-12(16)9-14(15)11(2)19/h5-6,9,11,13,19H,4,7-8,10H2,1-3H3. The summed E-state index contributed by atoms with van der Waals surface area (Å²) >= 11 is 3.49. The van der Waals surface area contributed by atoms with E-state index in [4.69, 9.17) is 0 Å². The highest BCUT2D eigenvalue weighted by Gasteiger charge is 2.25. The predicted octanol–water partition coefficient (Wildman–Crippen LogP) is 3.03. The van der Waals surface area contributed by atoms with Gasteiger partial charge in [-0.2, -0.15) is 0 Å². The molecule has 106 valence electrons. The van der Waals surface area contributed by atoms with Crippen molar-refractivity contribution in [1.82, 2.24) is 4.90 Å². The van der Waals surface area contributed by atoms with Gasteiger partial charge in [0.15, 0.2) is 0 Å². The average molecular weight is 327 g/mol. The van der Waals surface area contributed by atoms with E-state index < -0.39 is 6.10 Å². The molecule has 2 rings (SSSR count). The molecular weight excluding hydrogens is 304 g/mol. The largest absolute Gasteiger partial charge is 0.389 e. The first-order valence-electron chi connectivity index (χ1n) is 6.95. The van der Waals surface area contributed by atoms with Crippen LogP contribution in [0.1, 0.15) is 31.9 Å². The molecule has 0 bridgehead atoms. The fourth-order valence-corrected chi connectivity index (χ4v) is 3.13. The first-order chi connectivity index (χ1) is 9.02. The number of halogens is 1. The van der Waals surface area contributed by atoms with Crippen molar-refractivity contribution in [2.75, 3.05) is 31.6 Å². The van der Waals surface area contributed by atoms with Gasteiger partial charge in [0, 0.05) is 41.4 Å². The van der Waals surface area contributed by atoms with E-state index in [9.17, 15) is 5.11 Å². The Morgan fingerprint density at radius 3 is 2.79 bits per heavy atom. The highest BCUT2D eigenvalue weighted by Crippen LogP contribution is 2.31. The topological polar surface area (TPSA) is 26.7 Å². The third-order valence-corrected chi connectivity index (χ3v) is 4.52. The molecule has 2 unspecified atom stereocenters. The molecule has 1 aromatic carbocycles. The number of hydrogen-bond donors (Lipinski definition) is 1. The molecule has 1 heterocycles. The van der Waals surface area contributed by atoms with E-state index in [1.165, 1.54) is 5.69 Å². The Morgan fingerprint density at radius 2 is 2.16 bits per heavy atom. The van der Waals surface area contributed by atoms with E-state index in [0.29, 0.717) is 6.04 Å². The van der Waals surface area contributed by atoms with Gasteiger partial charge in [-0.3, -0.25) is 4.90 Å². The molecule has 1 aliphatic heterocycles. The molecule has 19 heavy (non-hydrogen) atoms. The van der Waals surface area contributed by atoms with E-state index in [1.807, 2.05) is 13.0 Å². The quantitative estimate of drug-likeness (QED) is 0.924. The van der Waals surface area contributed by atoms with Crippen molar-refractivity contribution >= 4 is 21.6 Å². The summed E-state index contributed by atoms with van der Waals surface area (Å²) in [4.78, 5) is 4.83. The van der Waals surface area contributed by atoms with Crippen molar-refractivity contribution in [2.45, 2.75) is 32.4 Å². The third-order valence-electron chi connectivity index (χ3n) is 4.03. The molecule has 0 radical (unpaired) electrons. The van der Waals surface area contributed by atoms with Gasteiger partial charge in [-0.15, -0.1) is 0 Å². The molecular formula is C15H23BrN2O. The average Bonchev–Trinajstić information content (AvgIpc) is 2.39. The maximum atomic E-state index is 9.98. The minimum atomic E-state index is -0.438. The lowest BCUT2D eigenvalue weighted by Crippen LogP contribution is -2.51. The number of nitrogens with zero attached hydrogens (tertiary/aromatic N) is 2. The van der Waals surface area contributed by atoms with Gasteiger partial charge in [-0.25, -0.2) is 0 Å². The molecule has 0 spiro atoms. The third kappa shape index (κ3) is 3.30. The van der Waals surface area contributed by atoms with Crippen LogP contribution in [0.3, 0.4) is 0 Å². The van der Waals surface area contributed by atoms with Crippen molar-refractivity contribution < 1.29 is 5.11 Å². The van der Waals surface area contributed by atoms with Crippen LogP contribution in [0.2, 0.25) is 0 Å². The molecule has 3 nitrogen and oxygen atoms in total. The molecule has 1 aliphatic rings. The Hall–Kier alpha value is -0.580. The van der Waals surface area contributed by atoms with E-state index in [2.05, 4.69) is 51.8 Å². The molecule has 1 aromatic rings. The van der Waals surface area contributed by atoms with Gasteiger partial charge >= 0.3 is 0 Å². The van der Waals surface area contributed by atoms with Crippen LogP contribution in [0.15, 0.2) is 22.7 Å². The minimum Gasteiger partial charge on any atom is -0.389 e. The summed E-state index contributed by atoms with van der Waals surface area (Å²) in [7, 11) is 2.20. The molecule has 0 amide bonds. The number of likely N-dealkylation sites (N-methyl/N-ethyl adjacent to an activating group) is 1. The Labute approximate surface area is 124 Å². The zero-order valence-electron chi connectivity index (χ0n) is 11.9. The van der Waals surface area contributed by atoms with Crippen LogP contribution in [-0.2, 0) is 0 Å². The fraction of sp³-hybridized carbons (Fsp3) is 0.600. The smallest absolute Gasteiger partial charge is 0.0782 e. The highest BCUT2D eigenvalue weighted by molar-refractivity contribution is 9.10. The summed E-state index contributed by atoms with van der Waals surface area (Å²) in [6, 6.07) is 6.79. The van der Waals surface area contributed by atoms with Gasteiger partial charge in [0.25, 0.3) is 0 Å². The highest BCUT2D eigenvalue weighted by atomic mass is 79.9. The minimum absolute atomic E-state index is 0.438. The number of benzene rings is 1. The van der Waals surface area contributed by atoms with E-state index in [1.54, 1.807) is 0 Å². The molecule has 1 fully saturated rings. The van der Waals surface area contributed by atoms with Crippen molar-refractivity contribution in [2.24, 2.45) is 0 Å². The second-order valence-corrected chi connectivity index (χ2v) is 6.28. The lowest BCUT2D eigenvalue weighted by atomic mass is 10.0. The number of anilines is 1. The van der Waals surface area contributed by atoms with Crippen molar-refractivity contribution in [1.29, 1.82) is 0 Å². The number of piperazine rings is 1. The van der Waals surface area contributed by atoms with E-state index in [0.717, 1.165) is 36.1 Å². The van der Waals surface area contributed by atoms with Crippen molar-refractivity contribution in [3.8, 4) is 0 Å². The number of aliphatic hydroxyl groups excluding tert-OH is 1. The summed E-state index contributed by atoms with van der Waals surface area (Å²) in [5, 5.41) is 9.98. The second kappa shape index (κ2) is 6.25. The molecule has 1 saturated heterocycles. The van der Waals surface area contributed by atoms with Crippen LogP contribution in [-0.4, -0.2) is 42.7 Å². The van der Waals surface area contributed by atoms with Crippen LogP contribution in [0.5, 0.6) is 0 Å². The van der Waals surface area contributed by atoms with Crippen molar-refractivity contribution in [3.63, 3.8) is 0 Å².